The highest BCUT2D eigenvalue weighted by Crippen LogP contribution is 2.23. The number of fused-ring (bicyclic) bond motifs is 1. The molecule has 0 aliphatic carbocycles. The molecule has 5 nitrogen and oxygen atoms in total. The third-order valence-electron chi connectivity index (χ3n) is 2.97. The van der Waals surface area contributed by atoms with Gasteiger partial charge in [0.25, 0.3) is 5.91 Å². The molecule has 0 aliphatic heterocycles. The van der Waals surface area contributed by atoms with Crippen LogP contribution in [0.5, 0.6) is 0 Å². The Labute approximate surface area is 126 Å². The minimum absolute atomic E-state index is 0.255. The van der Waals surface area contributed by atoms with Crippen molar-refractivity contribution in [2.45, 2.75) is 6.92 Å². The fourth-order valence-corrected chi connectivity index (χ4v) is 2.60. The maximum Gasteiger partial charge on any atom is 0.276 e. The number of nitrogens with zero attached hydrogens (tertiary/aromatic N) is 2. The van der Waals surface area contributed by atoms with E-state index in [9.17, 15) is 4.79 Å². The number of amides is 1. The van der Waals surface area contributed by atoms with Gasteiger partial charge in [-0.3, -0.25) is 10.1 Å². The molecule has 0 unspecified atom stereocenters. The molecular weight excluding hydrogens is 284 g/mol. The summed E-state index contributed by atoms with van der Waals surface area (Å²) in [5.74, 6) is -0.255. The zero-order chi connectivity index (χ0) is 14.7. The highest BCUT2D eigenvalue weighted by molar-refractivity contribution is 7.13. The van der Waals surface area contributed by atoms with Crippen molar-refractivity contribution in [3.63, 3.8) is 0 Å². The maximum absolute atomic E-state index is 12.3. The van der Waals surface area contributed by atoms with Crippen LogP contribution in [0.1, 0.15) is 17.4 Å². The summed E-state index contributed by atoms with van der Waals surface area (Å²) in [5, 5.41) is 9.41. The molecule has 2 aromatic heterocycles. The number of carbonyl (C=O) groups is 1. The normalized spacial score (nSPS) is 10.5. The Morgan fingerprint density at radius 1 is 1.33 bits per heavy atom. The van der Waals surface area contributed by atoms with Gasteiger partial charge in [-0.2, -0.15) is 0 Å². The van der Waals surface area contributed by atoms with Crippen LogP contribution in [0.4, 0.5) is 10.8 Å². The van der Waals surface area contributed by atoms with Crippen LogP contribution in [0.25, 0.3) is 10.9 Å². The number of para-hydroxylation sites is 1. The van der Waals surface area contributed by atoms with Crippen LogP contribution in [-0.2, 0) is 0 Å². The second-order valence-corrected chi connectivity index (χ2v) is 5.29. The number of rotatable bonds is 4. The van der Waals surface area contributed by atoms with Crippen LogP contribution in [0.3, 0.4) is 0 Å². The fraction of sp³-hybridized carbons (Fsp3) is 0.133. The molecule has 1 amide bonds. The van der Waals surface area contributed by atoms with E-state index in [1.165, 1.54) is 11.3 Å². The van der Waals surface area contributed by atoms with Gasteiger partial charge in [-0.15, -0.1) is 11.3 Å². The van der Waals surface area contributed by atoms with Gasteiger partial charge in [-0.1, -0.05) is 18.2 Å². The van der Waals surface area contributed by atoms with Crippen LogP contribution in [-0.4, -0.2) is 22.4 Å². The number of hydrogen-bond acceptors (Lipinski definition) is 5. The van der Waals surface area contributed by atoms with Crippen molar-refractivity contribution in [3.05, 3.63) is 47.6 Å². The smallest absolute Gasteiger partial charge is 0.276 e. The summed E-state index contributed by atoms with van der Waals surface area (Å²) in [6.07, 6.45) is 1.65. The van der Waals surface area contributed by atoms with Gasteiger partial charge in [0, 0.05) is 29.2 Å². The van der Waals surface area contributed by atoms with Crippen LogP contribution in [0, 0.1) is 0 Å². The molecule has 1 aromatic carbocycles. The lowest BCUT2D eigenvalue weighted by atomic mass is 10.1. The Balaban J connectivity index is 2.00. The summed E-state index contributed by atoms with van der Waals surface area (Å²) < 4.78 is 0. The molecule has 0 fully saturated rings. The molecule has 2 heterocycles. The van der Waals surface area contributed by atoms with Gasteiger partial charge in [-0.05, 0) is 19.1 Å². The molecule has 106 valence electrons. The van der Waals surface area contributed by atoms with Crippen LogP contribution >= 0.6 is 11.3 Å². The largest absolute Gasteiger partial charge is 0.385 e. The molecule has 0 atom stereocenters. The summed E-state index contributed by atoms with van der Waals surface area (Å²) in [7, 11) is 0. The Morgan fingerprint density at radius 2 is 2.19 bits per heavy atom. The number of carbonyl (C=O) groups excluding carboxylic acids is 1. The predicted molar refractivity (Wildman–Crippen MR) is 86.0 cm³/mol. The first kappa shape index (κ1) is 13.5. The molecule has 0 saturated heterocycles. The molecule has 3 rings (SSSR count). The third-order valence-corrected chi connectivity index (χ3v) is 3.66. The van der Waals surface area contributed by atoms with Gasteiger partial charge < -0.3 is 5.32 Å². The molecule has 0 aliphatic rings. The first-order valence-electron chi connectivity index (χ1n) is 6.62. The van der Waals surface area contributed by atoms with E-state index in [0.29, 0.717) is 10.8 Å². The fourth-order valence-electron chi connectivity index (χ4n) is 2.07. The van der Waals surface area contributed by atoms with Crippen LogP contribution in [0.15, 0.2) is 41.9 Å². The highest BCUT2D eigenvalue weighted by atomic mass is 32.1. The van der Waals surface area contributed by atoms with Crippen molar-refractivity contribution < 1.29 is 4.79 Å². The Kier molecular flexibility index (Phi) is 3.79. The maximum atomic E-state index is 12.3. The van der Waals surface area contributed by atoms with E-state index in [2.05, 4.69) is 20.6 Å². The second kappa shape index (κ2) is 5.88. The molecule has 0 saturated carbocycles. The summed E-state index contributed by atoms with van der Waals surface area (Å²) in [6.45, 7) is 2.80. The first-order valence-corrected chi connectivity index (χ1v) is 7.50. The quantitative estimate of drug-likeness (QED) is 0.775. The summed E-state index contributed by atoms with van der Waals surface area (Å²) in [5.41, 5.74) is 2.08. The van der Waals surface area contributed by atoms with Crippen molar-refractivity contribution in [2.75, 3.05) is 17.2 Å². The molecule has 3 aromatic rings. The van der Waals surface area contributed by atoms with Crippen LogP contribution < -0.4 is 10.6 Å². The zero-order valence-electron chi connectivity index (χ0n) is 11.5. The second-order valence-electron chi connectivity index (χ2n) is 4.39. The van der Waals surface area contributed by atoms with Gasteiger partial charge in [0.05, 0.1) is 5.52 Å². The van der Waals surface area contributed by atoms with Crippen molar-refractivity contribution in [1.82, 2.24) is 9.97 Å². The molecule has 0 bridgehead atoms. The highest BCUT2D eigenvalue weighted by Gasteiger charge is 2.12. The van der Waals surface area contributed by atoms with E-state index in [1.54, 1.807) is 12.3 Å². The Hall–Kier alpha value is -2.47. The van der Waals surface area contributed by atoms with E-state index in [-0.39, 0.29) is 5.91 Å². The van der Waals surface area contributed by atoms with Crippen molar-refractivity contribution in [3.8, 4) is 0 Å². The van der Waals surface area contributed by atoms with Crippen molar-refractivity contribution in [2.24, 2.45) is 0 Å². The van der Waals surface area contributed by atoms with Gasteiger partial charge in [0.1, 0.15) is 5.69 Å². The number of nitrogens with one attached hydrogen (secondary N) is 2. The number of thiazole rings is 1. The van der Waals surface area contributed by atoms with Gasteiger partial charge >= 0.3 is 0 Å². The predicted octanol–water partition coefficient (Wildman–Crippen LogP) is 3.38. The van der Waals surface area contributed by atoms with E-state index >= 15 is 0 Å². The SMILES string of the molecule is CCNc1cc(C(=O)Nc2nccs2)nc2ccccc12. The number of hydrogen-bond donors (Lipinski definition) is 2. The number of anilines is 2. The van der Waals surface area contributed by atoms with E-state index in [4.69, 9.17) is 0 Å². The number of benzene rings is 1. The standard InChI is InChI=1S/C15H14N4OS/c1-2-16-12-9-13(14(20)19-15-17-7-8-21-15)18-11-6-4-3-5-10(11)12/h3-9H,2H2,1H3,(H,16,18)(H,17,19,20). The summed E-state index contributed by atoms with van der Waals surface area (Å²) in [4.78, 5) is 20.7. The molecule has 2 N–H and O–H groups in total. The van der Waals surface area contributed by atoms with E-state index < -0.39 is 0 Å². The first-order chi connectivity index (χ1) is 10.3. The van der Waals surface area contributed by atoms with Gasteiger partial charge in [0.15, 0.2) is 5.13 Å². The minimum atomic E-state index is -0.255. The average molecular weight is 298 g/mol. The lowest BCUT2D eigenvalue weighted by Gasteiger charge is -2.10. The van der Waals surface area contributed by atoms with E-state index in [1.807, 2.05) is 36.6 Å². The lowest BCUT2D eigenvalue weighted by molar-refractivity contribution is 0.102. The lowest BCUT2D eigenvalue weighted by Crippen LogP contribution is -2.14. The average Bonchev–Trinajstić information content (AvgIpc) is 3.00. The van der Waals surface area contributed by atoms with Crippen molar-refractivity contribution in [1.29, 1.82) is 0 Å². The molecular formula is C15H14N4OS. The Morgan fingerprint density at radius 3 is 2.95 bits per heavy atom. The zero-order valence-corrected chi connectivity index (χ0v) is 12.3. The van der Waals surface area contributed by atoms with Gasteiger partial charge in [-0.25, -0.2) is 9.97 Å². The van der Waals surface area contributed by atoms with E-state index in [0.717, 1.165) is 23.1 Å². The summed E-state index contributed by atoms with van der Waals surface area (Å²) in [6, 6.07) is 9.53. The van der Waals surface area contributed by atoms with Crippen molar-refractivity contribution >= 4 is 39.0 Å². The third kappa shape index (κ3) is 2.85. The molecule has 21 heavy (non-hydrogen) atoms. The molecule has 0 spiro atoms. The topological polar surface area (TPSA) is 66.9 Å². The summed E-state index contributed by atoms with van der Waals surface area (Å²) >= 11 is 1.38. The monoisotopic (exact) mass is 298 g/mol. The van der Waals surface area contributed by atoms with Crippen LogP contribution in [0.2, 0.25) is 0 Å². The van der Waals surface area contributed by atoms with Gasteiger partial charge in [0.2, 0.25) is 0 Å². The molecule has 0 radical (unpaired) electrons. The molecule has 6 heteroatoms. The minimum Gasteiger partial charge on any atom is -0.385 e. The number of aromatic nitrogens is 2. The number of pyridine rings is 1. The Bertz CT molecular complexity index is 770.